The first kappa shape index (κ1) is 13.5. The van der Waals surface area contributed by atoms with Gasteiger partial charge in [0.25, 0.3) is 0 Å². The van der Waals surface area contributed by atoms with E-state index >= 15 is 0 Å². The van der Waals surface area contributed by atoms with E-state index in [1.165, 1.54) is 9.79 Å². The van der Waals surface area contributed by atoms with E-state index in [9.17, 15) is 0 Å². The second-order valence-corrected chi connectivity index (χ2v) is 8.56. The zero-order chi connectivity index (χ0) is 13.0. The third kappa shape index (κ3) is 2.69. The van der Waals surface area contributed by atoms with Crippen molar-refractivity contribution in [2.75, 3.05) is 0 Å². The van der Waals surface area contributed by atoms with Gasteiger partial charge in [-0.25, -0.2) is 0 Å². The summed E-state index contributed by atoms with van der Waals surface area (Å²) < 4.78 is 10.9. The highest BCUT2D eigenvalue weighted by Crippen LogP contribution is 2.53. The number of hydrogen-bond acceptors (Lipinski definition) is 6. The van der Waals surface area contributed by atoms with Crippen LogP contribution in [-0.2, 0) is 9.47 Å². The second kappa shape index (κ2) is 4.53. The van der Waals surface area contributed by atoms with E-state index in [1.54, 1.807) is 23.5 Å². The summed E-state index contributed by atoms with van der Waals surface area (Å²) in [5.41, 5.74) is 0.0838. The van der Waals surface area contributed by atoms with Gasteiger partial charge in [-0.3, -0.25) is 0 Å². The molecule has 2 nitrogen and oxygen atoms in total. The van der Waals surface area contributed by atoms with Gasteiger partial charge in [-0.05, 0) is 38.1 Å². The van der Waals surface area contributed by atoms with Crippen LogP contribution in [-0.4, -0.2) is 20.7 Å². The van der Waals surface area contributed by atoms with Gasteiger partial charge in [0.05, 0.1) is 0 Å². The number of ether oxygens (including phenoxy) is 2. The van der Waals surface area contributed by atoms with Crippen molar-refractivity contribution in [2.24, 2.45) is 0 Å². The lowest BCUT2D eigenvalue weighted by Crippen LogP contribution is -2.00. The smallest absolute Gasteiger partial charge is 0.152 e. The summed E-state index contributed by atoms with van der Waals surface area (Å²) in [5, 5.41) is 0. The lowest BCUT2D eigenvalue weighted by molar-refractivity contribution is 0.394. The van der Waals surface area contributed by atoms with Gasteiger partial charge < -0.3 is 9.47 Å². The summed E-state index contributed by atoms with van der Waals surface area (Å²) in [7, 11) is 0. The van der Waals surface area contributed by atoms with Gasteiger partial charge in [-0.1, -0.05) is 23.5 Å². The molecule has 98 valence electrons. The van der Waals surface area contributed by atoms with Crippen LogP contribution in [0.15, 0.2) is 34.1 Å². The molecule has 4 unspecified atom stereocenters. The summed E-state index contributed by atoms with van der Waals surface area (Å²) >= 11 is 12.0. The first-order valence-electron chi connectivity index (χ1n) is 5.61. The van der Waals surface area contributed by atoms with Crippen molar-refractivity contribution in [2.45, 2.75) is 44.4 Å². The first-order valence-corrected chi connectivity index (χ1v) is 8.28. The molecule has 2 fully saturated rings. The molecule has 2 aliphatic rings. The van der Waals surface area contributed by atoms with Crippen LogP contribution >= 0.6 is 48.8 Å². The molecule has 2 aliphatic heterocycles. The monoisotopic (exact) mass is 318 g/mol. The Morgan fingerprint density at radius 1 is 0.889 bits per heavy atom. The predicted octanol–water partition coefficient (Wildman–Crippen LogP) is 3.88. The van der Waals surface area contributed by atoms with Crippen LogP contribution in [0.5, 0.6) is 0 Å². The minimum absolute atomic E-state index is 0.0419. The second-order valence-electron chi connectivity index (χ2n) is 4.65. The van der Waals surface area contributed by atoms with E-state index in [0.29, 0.717) is 0 Å². The van der Waals surface area contributed by atoms with E-state index in [-0.39, 0.29) is 20.7 Å². The molecule has 1 aromatic carbocycles. The minimum atomic E-state index is -0.167. The average Bonchev–Trinajstić information content (AvgIpc) is 3.09. The average molecular weight is 319 g/mol. The molecule has 0 N–H and O–H groups in total. The van der Waals surface area contributed by atoms with Crippen LogP contribution in [0.1, 0.15) is 13.8 Å². The molecule has 0 amide bonds. The Hall–Kier alpha value is 0.540. The van der Waals surface area contributed by atoms with Crippen molar-refractivity contribution in [3.63, 3.8) is 0 Å². The highest BCUT2D eigenvalue weighted by atomic mass is 32.2. The molecule has 2 saturated heterocycles. The lowest BCUT2D eigenvalue weighted by Gasteiger charge is -2.08. The van der Waals surface area contributed by atoms with E-state index in [4.69, 9.17) is 9.47 Å². The maximum Gasteiger partial charge on any atom is 0.152 e. The van der Waals surface area contributed by atoms with Gasteiger partial charge in [0.15, 0.2) is 9.87 Å². The van der Waals surface area contributed by atoms with Crippen LogP contribution in [0.25, 0.3) is 0 Å². The SMILES string of the molecule is CC1(Sc2ccc(SC3(C)OC3S)cc2)OC1S. The molecule has 0 aliphatic carbocycles. The zero-order valence-corrected chi connectivity index (χ0v) is 13.4. The maximum absolute atomic E-state index is 5.43. The van der Waals surface area contributed by atoms with Gasteiger partial charge in [0, 0.05) is 9.79 Å². The topological polar surface area (TPSA) is 25.1 Å². The van der Waals surface area contributed by atoms with Crippen LogP contribution in [0.3, 0.4) is 0 Å². The van der Waals surface area contributed by atoms with Crippen molar-refractivity contribution in [1.29, 1.82) is 0 Å². The van der Waals surface area contributed by atoms with Crippen molar-refractivity contribution in [3.8, 4) is 0 Å². The Bertz CT molecular complexity index is 423. The van der Waals surface area contributed by atoms with E-state index in [2.05, 4.69) is 63.4 Å². The van der Waals surface area contributed by atoms with Crippen LogP contribution in [0.4, 0.5) is 0 Å². The Morgan fingerprint density at radius 2 is 1.17 bits per heavy atom. The fourth-order valence-electron chi connectivity index (χ4n) is 1.57. The van der Waals surface area contributed by atoms with E-state index in [0.717, 1.165) is 0 Å². The molecule has 2 heterocycles. The number of rotatable bonds is 4. The summed E-state index contributed by atoms with van der Waals surface area (Å²) in [5.74, 6) is 0. The summed E-state index contributed by atoms with van der Waals surface area (Å²) in [4.78, 5) is 2.06. The quantitative estimate of drug-likeness (QED) is 0.650. The van der Waals surface area contributed by atoms with Crippen molar-refractivity contribution in [3.05, 3.63) is 24.3 Å². The fourth-order valence-corrected chi connectivity index (χ4v) is 4.44. The van der Waals surface area contributed by atoms with Crippen molar-refractivity contribution < 1.29 is 9.47 Å². The van der Waals surface area contributed by atoms with Gasteiger partial charge in [0.1, 0.15) is 10.9 Å². The van der Waals surface area contributed by atoms with Crippen LogP contribution in [0.2, 0.25) is 0 Å². The Labute approximate surface area is 126 Å². The zero-order valence-electron chi connectivity index (χ0n) is 9.99. The summed E-state index contributed by atoms with van der Waals surface area (Å²) in [6, 6.07) is 8.44. The third-order valence-corrected chi connectivity index (χ3v) is 6.93. The first-order chi connectivity index (χ1) is 8.41. The number of thioether (sulfide) groups is 2. The largest absolute Gasteiger partial charge is 0.343 e. The van der Waals surface area contributed by atoms with E-state index in [1.807, 2.05) is 0 Å². The maximum atomic E-state index is 5.43. The standard InChI is InChI=1S/C12H14O2S4/c1-11(9(15)13-11)17-7-3-5-8(6-4-7)18-12(2)10(16)14-12/h3-6,9-10,15-16H,1-2H3. The minimum Gasteiger partial charge on any atom is -0.343 e. The molecule has 0 aromatic heterocycles. The third-order valence-electron chi connectivity index (χ3n) is 2.94. The number of benzene rings is 1. The van der Waals surface area contributed by atoms with Crippen LogP contribution in [0, 0.1) is 0 Å². The summed E-state index contributed by atoms with van der Waals surface area (Å²) in [6.07, 6.45) is 0. The molecule has 6 heteroatoms. The molecule has 18 heavy (non-hydrogen) atoms. The predicted molar refractivity (Wildman–Crippen MR) is 82.7 cm³/mol. The Morgan fingerprint density at radius 3 is 1.39 bits per heavy atom. The van der Waals surface area contributed by atoms with Crippen molar-refractivity contribution in [1.82, 2.24) is 0 Å². The van der Waals surface area contributed by atoms with Gasteiger partial charge in [-0.15, -0.1) is 25.3 Å². The molecule has 3 rings (SSSR count). The van der Waals surface area contributed by atoms with Gasteiger partial charge in [0.2, 0.25) is 0 Å². The highest BCUT2D eigenvalue weighted by molar-refractivity contribution is 8.02. The lowest BCUT2D eigenvalue weighted by atomic mass is 10.4. The molecule has 1 aromatic rings. The van der Waals surface area contributed by atoms with Crippen molar-refractivity contribution >= 4 is 48.8 Å². The Balaban J connectivity index is 1.63. The molecule has 0 spiro atoms. The fraction of sp³-hybridized carbons (Fsp3) is 0.500. The molecule has 0 bridgehead atoms. The normalized spacial score (nSPS) is 41.8. The van der Waals surface area contributed by atoms with Crippen LogP contribution < -0.4 is 0 Å². The van der Waals surface area contributed by atoms with E-state index < -0.39 is 0 Å². The van der Waals surface area contributed by atoms with Gasteiger partial charge >= 0.3 is 0 Å². The number of epoxide rings is 2. The highest BCUT2D eigenvalue weighted by Gasteiger charge is 2.52. The molecule has 0 radical (unpaired) electrons. The number of hydrogen-bond donors (Lipinski definition) is 2. The Kier molecular flexibility index (Phi) is 3.40. The molecule has 4 atom stereocenters. The molecular formula is C12H14O2S4. The molecular weight excluding hydrogens is 304 g/mol. The number of thiol groups is 2. The van der Waals surface area contributed by atoms with Gasteiger partial charge in [-0.2, -0.15) is 0 Å². The summed E-state index contributed by atoms with van der Waals surface area (Å²) in [6.45, 7) is 4.12. The molecule has 0 saturated carbocycles.